The number of H-pyrrole nitrogens is 1. The summed E-state index contributed by atoms with van der Waals surface area (Å²) in [5.41, 5.74) is 1.43. The van der Waals surface area contributed by atoms with E-state index in [0.29, 0.717) is 5.69 Å². The number of rotatable bonds is 5. The number of nitrogens with one attached hydrogen (secondary N) is 1. The zero-order chi connectivity index (χ0) is 13.8. The van der Waals surface area contributed by atoms with Crippen LogP contribution in [0.4, 0.5) is 0 Å². The predicted molar refractivity (Wildman–Crippen MR) is 78.4 cm³/mol. The average Bonchev–Trinajstić information content (AvgIpc) is 2.38. The second-order valence-electron chi connectivity index (χ2n) is 3.79. The summed E-state index contributed by atoms with van der Waals surface area (Å²) in [5, 5.41) is 0. The van der Waals surface area contributed by atoms with Crippen molar-refractivity contribution in [2.45, 2.75) is 33.1 Å². The van der Waals surface area contributed by atoms with Crippen LogP contribution in [0.5, 0.6) is 0 Å². The molecule has 0 unspecified atom stereocenters. The van der Waals surface area contributed by atoms with Gasteiger partial charge in [-0.2, -0.15) is 0 Å². The monoisotopic (exact) mass is 249 g/mol. The van der Waals surface area contributed by atoms with Gasteiger partial charge in [0.25, 0.3) is 0 Å². The van der Waals surface area contributed by atoms with E-state index in [2.05, 4.69) is 25.4 Å². The van der Waals surface area contributed by atoms with Crippen LogP contribution in [0.3, 0.4) is 0 Å². The number of hydrogen-bond donors (Lipinski definition) is 1. The molecule has 0 saturated heterocycles. The van der Waals surface area contributed by atoms with Crippen molar-refractivity contribution in [3.8, 4) is 0 Å². The number of unbranched alkanes of at least 4 members (excludes halogenated alkanes) is 2. The van der Waals surface area contributed by atoms with Gasteiger partial charge < -0.3 is 9.72 Å². The molecule has 0 fully saturated rings. The molecule has 0 aliphatic heterocycles. The Balaban J connectivity index is 0.000000494. The molecule has 0 saturated carbocycles. The first-order valence-corrected chi connectivity index (χ1v) is 6.24. The lowest BCUT2D eigenvalue weighted by molar-refractivity contribution is 0.341. The molecule has 0 atom stereocenters. The lowest BCUT2D eigenvalue weighted by Gasteiger charge is -1.98. The third kappa shape index (κ3) is 6.74. The van der Waals surface area contributed by atoms with E-state index in [1.807, 2.05) is 0 Å². The van der Waals surface area contributed by atoms with Gasteiger partial charge in [-0.1, -0.05) is 45.8 Å². The van der Waals surface area contributed by atoms with E-state index in [0.717, 1.165) is 5.56 Å². The van der Waals surface area contributed by atoms with Crippen molar-refractivity contribution in [1.82, 2.24) is 4.98 Å². The smallest absolute Gasteiger partial charge is 0.248 e. The van der Waals surface area contributed by atoms with Gasteiger partial charge in [-0.25, -0.2) is 0 Å². The lowest BCUT2D eigenvalue weighted by atomic mass is 10.2. The Morgan fingerprint density at radius 2 is 2.00 bits per heavy atom. The average molecular weight is 249 g/mol. The molecular formula is C15H23NO2. The number of methoxy groups -OCH3 is 1. The molecule has 0 aliphatic carbocycles. The summed E-state index contributed by atoms with van der Waals surface area (Å²) in [5.74, 6) is 0. The summed E-state index contributed by atoms with van der Waals surface area (Å²) in [4.78, 5) is 13.6. The van der Waals surface area contributed by atoms with E-state index >= 15 is 0 Å². The zero-order valence-electron chi connectivity index (χ0n) is 11.5. The molecule has 0 bridgehead atoms. The molecule has 0 amide bonds. The minimum atomic E-state index is -0.138. The van der Waals surface area contributed by atoms with Crippen molar-refractivity contribution in [2.24, 2.45) is 0 Å². The molecule has 0 spiro atoms. The summed E-state index contributed by atoms with van der Waals surface area (Å²) >= 11 is 0. The molecule has 0 aromatic carbocycles. The van der Waals surface area contributed by atoms with Crippen LogP contribution < -0.4 is 5.56 Å². The van der Waals surface area contributed by atoms with Crippen LogP contribution in [0.1, 0.15) is 44.4 Å². The minimum absolute atomic E-state index is 0.138. The first kappa shape index (κ1) is 16.2. The fourth-order valence-electron chi connectivity index (χ4n) is 1.31. The molecule has 1 rings (SSSR count). The Morgan fingerprint density at radius 3 is 2.44 bits per heavy atom. The van der Waals surface area contributed by atoms with Gasteiger partial charge in [0.05, 0.1) is 19.1 Å². The Labute approximate surface area is 109 Å². The van der Waals surface area contributed by atoms with Crippen LogP contribution in [0.15, 0.2) is 29.8 Å². The minimum Gasteiger partial charge on any atom is -0.504 e. The zero-order valence-corrected chi connectivity index (χ0v) is 11.5. The van der Waals surface area contributed by atoms with Crippen LogP contribution in [0.25, 0.3) is 12.2 Å². The third-order valence-electron chi connectivity index (χ3n) is 2.28. The van der Waals surface area contributed by atoms with Gasteiger partial charge in [-0.05, 0) is 17.7 Å². The third-order valence-corrected chi connectivity index (χ3v) is 2.28. The molecule has 1 aromatic heterocycles. The highest BCUT2D eigenvalue weighted by Crippen LogP contribution is 2.06. The highest BCUT2D eigenvalue weighted by Gasteiger charge is 1.95. The summed E-state index contributed by atoms with van der Waals surface area (Å²) < 4.78 is 4.75. The predicted octanol–water partition coefficient (Wildman–Crippen LogP) is 3.83. The van der Waals surface area contributed by atoms with E-state index in [1.165, 1.54) is 31.6 Å². The fraction of sp³-hybridized carbons (Fsp3) is 0.400. The highest BCUT2D eigenvalue weighted by atomic mass is 16.5. The van der Waals surface area contributed by atoms with Crippen LogP contribution >= 0.6 is 0 Å². The number of hydrogen-bond acceptors (Lipinski definition) is 2. The Morgan fingerprint density at radius 1 is 1.33 bits per heavy atom. The Kier molecular flexibility index (Phi) is 9.37. The summed E-state index contributed by atoms with van der Waals surface area (Å²) in [7, 11) is 1.55. The summed E-state index contributed by atoms with van der Waals surface area (Å²) in [6.07, 6.45) is 8.93. The molecule has 1 heterocycles. The van der Waals surface area contributed by atoms with Crippen LogP contribution in [0.2, 0.25) is 0 Å². The summed E-state index contributed by atoms with van der Waals surface area (Å²) in [6, 6.07) is 3.17. The van der Waals surface area contributed by atoms with Gasteiger partial charge in [-0.15, -0.1) is 0 Å². The van der Waals surface area contributed by atoms with Crippen molar-refractivity contribution >= 4 is 12.2 Å². The molecule has 1 aromatic rings. The maximum atomic E-state index is 11.0. The second kappa shape index (κ2) is 10.4. The second-order valence-corrected chi connectivity index (χ2v) is 3.79. The molecule has 100 valence electrons. The first-order chi connectivity index (χ1) is 8.69. The van der Waals surface area contributed by atoms with E-state index < -0.39 is 0 Å². The molecule has 3 nitrogen and oxygen atoms in total. The topological polar surface area (TPSA) is 42.1 Å². The first-order valence-electron chi connectivity index (χ1n) is 6.24. The quantitative estimate of drug-likeness (QED) is 0.806. The van der Waals surface area contributed by atoms with Crippen molar-refractivity contribution < 1.29 is 4.74 Å². The molecular weight excluding hydrogens is 226 g/mol. The molecule has 3 heteroatoms. The summed E-state index contributed by atoms with van der Waals surface area (Å²) in [6.45, 7) is 8.06. The number of aromatic amines is 1. The molecule has 1 N–H and O–H groups in total. The Hall–Kier alpha value is -1.77. The highest BCUT2D eigenvalue weighted by molar-refractivity contribution is 5.60. The molecule has 18 heavy (non-hydrogen) atoms. The SMILES string of the molecule is C=Cc1ccc(=O)[nH]c1/C=C/OC.CCCCC. The van der Waals surface area contributed by atoms with Crippen molar-refractivity contribution in [2.75, 3.05) is 7.11 Å². The van der Waals surface area contributed by atoms with Gasteiger partial charge in [0, 0.05) is 6.07 Å². The number of ether oxygens (including phenoxy) is 1. The van der Waals surface area contributed by atoms with Crippen molar-refractivity contribution in [1.29, 1.82) is 0 Å². The van der Waals surface area contributed by atoms with Gasteiger partial charge in [-0.3, -0.25) is 4.79 Å². The maximum absolute atomic E-state index is 11.0. The van der Waals surface area contributed by atoms with Crippen LogP contribution in [0, 0.1) is 0 Å². The maximum Gasteiger partial charge on any atom is 0.248 e. The largest absolute Gasteiger partial charge is 0.504 e. The van der Waals surface area contributed by atoms with Gasteiger partial charge in [0.15, 0.2) is 0 Å². The van der Waals surface area contributed by atoms with Crippen LogP contribution in [-0.4, -0.2) is 12.1 Å². The van der Waals surface area contributed by atoms with E-state index in [9.17, 15) is 4.79 Å². The Bertz CT molecular complexity index is 417. The van der Waals surface area contributed by atoms with Gasteiger partial charge in [0.2, 0.25) is 5.56 Å². The van der Waals surface area contributed by atoms with E-state index in [4.69, 9.17) is 4.74 Å². The number of aromatic nitrogens is 1. The van der Waals surface area contributed by atoms with Crippen molar-refractivity contribution in [3.05, 3.63) is 46.6 Å². The van der Waals surface area contributed by atoms with E-state index in [-0.39, 0.29) is 5.56 Å². The van der Waals surface area contributed by atoms with Crippen LogP contribution in [-0.2, 0) is 4.74 Å². The number of pyridine rings is 1. The fourth-order valence-corrected chi connectivity index (χ4v) is 1.31. The molecule has 0 radical (unpaired) electrons. The van der Waals surface area contributed by atoms with E-state index in [1.54, 1.807) is 25.3 Å². The molecule has 0 aliphatic rings. The van der Waals surface area contributed by atoms with Gasteiger partial charge in [0.1, 0.15) is 0 Å². The van der Waals surface area contributed by atoms with Crippen molar-refractivity contribution in [3.63, 3.8) is 0 Å². The standard InChI is InChI=1S/C10H11NO2.C5H12/c1-3-8-4-5-10(12)11-9(8)6-7-13-2;1-3-5-4-2/h3-7H,1H2,2H3,(H,11,12);3-5H2,1-2H3/b7-6+;. The van der Waals surface area contributed by atoms with Gasteiger partial charge >= 0.3 is 0 Å². The lowest BCUT2D eigenvalue weighted by Crippen LogP contribution is -2.05. The normalized spacial score (nSPS) is 9.72.